The van der Waals surface area contributed by atoms with Crippen LogP contribution in [0.3, 0.4) is 0 Å². The zero-order valence-electron chi connectivity index (χ0n) is 11.5. The number of nitrogens with zero attached hydrogens (tertiary/aromatic N) is 1. The molecule has 2 aliphatic rings. The summed E-state index contributed by atoms with van der Waals surface area (Å²) in [5.41, 5.74) is 0. The van der Waals surface area contributed by atoms with Crippen LogP contribution in [-0.2, 0) is 9.53 Å². The number of hydrogen-bond acceptors (Lipinski definition) is 3. The van der Waals surface area contributed by atoms with Gasteiger partial charge >= 0.3 is 0 Å². The first-order chi connectivity index (χ1) is 8.75. The Morgan fingerprint density at radius 1 is 1.33 bits per heavy atom. The van der Waals surface area contributed by atoms with Gasteiger partial charge < -0.3 is 15.0 Å². The summed E-state index contributed by atoms with van der Waals surface area (Å²) in [5, 5.41) is 3.44. The number of rotatable bonds is 5. The van der Waals surface area contributed by atoms with Crippen LogP contribution in [0.15, 0.2) is 0 Å². The molecule has 2 unspecified atom stereocenters. The smallest absolute Gasteiger partial charge is 0.222 e. The third-order valence-corrected chi connectivity index (χ3v) is 4.05. The first-order valence-electron chi connectivity index (χ1n) is 7.34. The van der Waals surface area contributed by atoms with Gasteiger partial charge in [-0.05, 0) is 45.1 Å². The summed E-state index contributed by atoms with van der Waals surface area (Å²) < 4.78 is 5.67. The van der Waals surface area contributed by atoms with Crippen molar-refractivity contribution in [3.8, 4) is 0 Å². The number of likely N-dealkylation sites (N-methyl/N-ethyl adjacent to an activating group) is 1. The van der Waals surface area contributed by atoms with Crippen molar-refractivity contribution < 1.29 is 9.53 Å². The molecule has 18 heavy (non-hydrogen) atoms. The Kier molecular flexibility index (Phi) is 5.45. The van der Waals surface area contributed by atoms with Gasteiger partial charge in [-0.25, -0.2) is 0 Å². The van der Waals surface area contributed by atoms with Gasteiger partial charge in [-0.15, -0.1) is 0 Å². The van der Waals surface area contributed by atoms with Crippen molar-refractivity contribution >= 4 is 5.91 Å². The summed E-state index contributed by atoms with van der Waals surface area (Å²) in [6.45, 7) is 2.74. The highest BCUT2D eigenvalue weighted by Gasteiger charge is 2.20. The van der Waals surface area contributed by atoms with E-state index in [1.165, 1.54) is 25.7 Å². The van der Waals surface area contributed by atoms with Crippen LogP contribution in [0.5, 0.6) is 0 Å². The van der Waals surface area contributed by atoms with Crippen molar-refractivity contribution in [1.29, 1.82) is 0 Å². The van der Waals surface area contributed by atoms with Gasteiger partial charge in [0.25, 0.3) is 0 Å². The lowest BCUT2D eigenvalue weighted by atomic mass is 10.1. The molecular weight excluding hydrogens is 228 g/mol. The number of amides is 1. The van der Waals surface area contributed by atoms with Gasteiger partial charge in [0, 0.05) is 32.7 Å². The second-order valence-corrected chi connectivity index (χ2v) is 5.59. The molecule has 0 radical (unpaired) electrons. The largest absolute Gasteiger partial charge is 0.376 e. The minimum absolute atomic E-state index is 0.261. The number of ether oxygens (including phenoxy) is 1. The fourth-order valence-electron chi connectivity index (χ4n) is 2.85. The lowest BCUT2D eigenvalue weighted by molar-refractivity contribution is -0.132. The lowest BCUT2D eigenvalue weighted by Crippen LogP contribution is -2.37. The Bertz CT molecular complexity index is 259. The Hall–Kier alpha value is -0.610. The molecule has 0 aromatic rings. The maximum atomic E-state index is 12.0. The van der Waals surface area contributed by atoms with E-state index in [2.05, 4.69) is 5.32 Å². The molecule has 2 rings (SSSR count). The zero-order valence-corrected chi connectivity index (χ0v) is 11.5. The molecule has 1 N–H and O–H groups in total. The molecule has 0 saturated carbocycles. The SMILES string of the molecule is CN(CC1CCCCO1)C(=O)CCC1CCCN1. The molecule has 0 bridgehead atoms. The Balaban J connectivity index is 1.63. The molecule has 0 spiro atoms. The van der Waals surface area contributed by atoms with Crippen LogP contribution in [0.4, 0.5) is 0 Å². The Morgan fingerprint density at radius 2 is 2.22 bits per heavy atom. The van der Waals surface area contributed by atoms with Gasteiger partial charge in [0.05, 0.1) is 6.10 Å². The van der Waals surface area contributed by atoms with E-state index in [-0.39, 0.29) is 12.0 Å². The summed E-state index contributed by atoms with van der Waals surface area (Å²) in [6, 6.07) is 0.563. The fourth-order valence-corrected chi connectivity index (χ4v) is 2.85. The van der Waals surface area contributed by atoms with Crippen molar-refractivity contribution in [2.75, 3.05) is 26.7 Å². The number of carbonyl (C=O) groups excluding carboxylic acids is 1. The minimum Gasteiger partial charge on any atom is -0.376 e. The number of hydrogen-bond donors (Lipinski definition) is 1. The van der Waals surface area contributed by atoms with Crippen molar-refractivity contribution in [2.24, 2.45) is 0 Å². The van der Waals surface area contributed by atoms with Gasteiger partial charge in [-0.3, -0.25) is 4.79 Å². The molecule has 0 aromatic carbocycles. The molecule has 2 aliphatic heterocycles. The summed E-state index contributed by atoms with van der Waals surface area (Å²) >= 11 is 0. The van der Waals surface area contributed by atoms with Crippen molar-refractivity contribution in [1.82, 2.24) is 10.2 Å². The van der Waals surface area contributed by atoms with Crippen LogP contribution in [0.2, 0.25) is 0 Å². The summed E-state index contributed by atoms with van der Waals surface area (Å²) in [7, 11) is 1.91. The highest BCUT2D eigenvalue weighted by molar-refractivity contribution is 5.75. The van der Waals surface area contributed by atoms with E-state index in [1.54, 1.807) is 0 Å². The number of carbonyl (C=O) groups is 1. The molecule has 4 nitrogen and oxygen atoms in total. The van der Waals surface area contributed by atoms with Gasteiger partial charge in [-0.2, -0.15) is 0 Å². The molecule has 2 heterocycles. The van der Waals surface area contributed by atoms with E-state index in [9.17, 15) is 4.79 Å². The molecule has 2 saturated heterocycles. The third-order valence-electron chi connectivity index (χ3n) is 4.05. The van der Waals surface area contributed by atoms with Gasteiger partial charge in [0.1, 0.15) is 0 Å². The predicted octanol–water partition coefficient (Wildman–Crippen LogP) is 1.55. The highest BCUT2D eigenvalue weighted by atomic mass is 16.5. The van der Waals surface area contributed by atoms with Crippen LogP contribution in [0, 0.1) is 0 Å². The monoisotopic (exact) mass is 254 g/mol. The van der Waals surface area contributed by atoms with Gasteiger partial charge in [-0.1, -0.05) is 0 Å². The van der Waals surface area contributed by atoms with Crippen molar-refractivity contribution in [3.05, 3.63) is 0 Å². The predicted molar refractivity (Wildman–Crippen MR) is 71.5 cm³/mol. The van der Waals surface area contributed by atoms with Crippen molar-refractivity contribution in [2.45, 2.75) is 57.1 Å². The normalized spacial score (nSPS) is 28.3. The van der Waals surface area contributed by atoms with E-state index in [1.807, 2.05) is 11.9 Å². The topological polar surface area (TPSA) is 41.6 Å². The van der Waals surface area contributed by atoms with Crippen LogP contribution < -0.4 is 5.32 Å². The summed E-state index contributed by atoms with van der Waals surface area (Å²) in [5.74, 6) is 0.262. The van der Waals surface area contributed by atoms with Crippen LogP contribution in [0.1, 0.15) is 44.9 Å². The highest BCUT2D eigenvalue weighted by Crippen LogP contribution is 2.15. The number of nitrogens with one attached hydrogen (secondary N) is 1. The molecule has 0 aliphatic carbocycles. The summed E-state index contributed by atoms with van der Waals surface area (Å²) in [6.07, 6.45) is 7.89. The van der Waals surface area contributed by atoms with E-state index < -0.39 is 0 Å². The first kappa shape index (κ1) is 13.8. The van der Waals surface area contributed by atoms with Gasteiger partial charge in [0.15, 0.2) is 0 Å². The van der Waals surface area contributed by atoms with E-state index in [0.717, 1.165) is 32.5 Å². The van der Waals surface area contributed by atoms with Crippen LogP contribution in [0.25, 0.3) is 0 Å². The molecule has 2 fully saturated rings. The van der Waals surface area contributed by atoms with E-state index >= 15 is 0 Å². The Morgan fingerprint density at radius 3 is 2.89 bits per heavy atom. The maximum Gasteiger partial charge on any atom is 0.222 e. The molecular formula is C14H26N2O2. The third kappa shape index (κ3) is 4.25. The van der Waals surface area contributed by atoms with Crippen molar-refractivity contribution in [3.63, 3.8) is 0 Å². The minimum atomic E-state index is 0.261. The van der Waals surface area contributed by atoms with Crippen LogP contribution in [-0.4, -0.2) is 49.7 Å². The molecule has 4 heteroatoms. The second kappa shape index (κ2) is 7.10. The summed E-state index contributed by atoms with van der Waals surface area (Å²) in [4.78, 5) is 13.9. The lowest BCUT2D eigenvalue weighted by Gasteiger charge is -2.27. The Labute approximate surface area is 110 Å². The quantitative estimate of drug-likeness (QED) is 0.809. The molecule has 104 valence electrons. The standard InChI is InChI=1S/C14H26N2O2/c1-16(11-13-6-2-3-10-18-13)14(17)8-7-12-5-4-9-15-12/h12-13,15H,2-11H2,1H3. The average molecular weight is 254 g/mol. The second-order valence-electron chi connectivity index (χ2n) is 5.59. The van der Waals surface area contributed by atoms with E-state index in [4.69, 9.17) is 4.74 Å². The molecule has 1 amide bonds. The first-order valence-corrected chi connectivity index (χ1v) is 7.34. The fraction of sp³-hybridized carbons (Fsp3) is 0.929. The van der Waals surface area contributed by atoms with Gasteiger partial charge in [0.2, 0.25) is 5.91 Å². The maximum absolute atomic E-state index is 12.0. The average Bonchev–Trinajstić information content (AvgIpc) is 2.90. The zero-order chi connectivity index (χ0) is 12.8. The molecule has 2 atom stereocenters. The van der Waals surface area contributed by atoms with E-state index in [0.29, 0.717) is 12.5 Å². The molecule has 0 aromatic heterocycles. The van der Waals surface area contributed by atoms with Crippen LogP contribution >= 0.6 is 0 Å².